The Hall–Kier alpha value is -0.960. The van der Waals surface area contributed by atoms with Crippen LogP contribution in [-0.2, 0) is 6.54 Å². The minimum atomic E-state index is -0.763. The zero-order chi connectivity index (χ0) is 13.7. The molecule has 0 unspecified atom stereocenters. The monoisotopic (exact) mass is 267 g/mol. The molecule has 0 heterocycles. The van der Waals surface area contributed by atoms with Gasteiger partial charge in [0.05, 0.1) is 0 Å². The molecule has 19 heavy (non-hydrogen) atoms. The standard InChI is InChI=1S/C16H23F2N/c1-12(13-7-4-2-3-5-8-13)19-11-14-9-6-10-15(17)16(14)18/h6,9-10,12-13,19H,2-5,7-8,11H2,1H3/t12-/m1/s1. The van der Waals surface area contributed by atoms with E-state index in [0.717, 1.165) is 6.07 Å². The molecular weight excluding hydrogens is 244 g/mol. The molecule has 1 atom stereocenters. The molecule has 1 fully saturated rings. The summed E-state index contributed by atoms with van der Waals surface area (Å²) in [5, 5.41) is 3.36. The summed E-state index contributed by atoms with van der Waals surface area (Å²) in [6.07, 6.45) is 7.76. The highest BCUT2D eigenvalue weighted by Gasteiger charge is 2.19. The zero-order valence-corrected chi connectivity index (χ0v) is 11.6. The van der Waals surface area contributed by atoms with Gasteiger partial charge in [0.25, 0.3) is 0 Å². The van der Waals surface area contributed by atoms with Gasteiger partial charge in [-0.3, -0.25) is 0 Å². The van der Waals surface area contributed by atoms with Crippen LogP contribution in [0.15, 0.2) is 18.2 Å². The number of nitrogens with one attached hydrogen (secondary N) is 1. The van der Waals surface area contributed by atoms with Crippen LogP contribution in [0.4, 0.5) is 8.78 Å². The first kappa shape index (κ1) is 14.4. The highest BCUT2D eigenvalue weighted by Crippen LogP contribution is 2.25. The van der Waals surface area contributed by atoms with Crippen molar-refractivity contribution in [2.75, 3.05) is 0 Å². The average Bonchev–Trinajstić information content (AvgIpc) is 2.69. The van der Waals surface area contributed by atoms with E-state index in [0.29, 0.717) is 24.1 Å². The first-order chi connectivity index (χ1) is 9.18. The van der Waals surface area contributed by atoms with Crippen LogP contribution < -0.4 is 5.32 Å². The van der Waals surface area contributed by atoms with Gasteiger partial charge in [-0.15, -0.1) is 0 Å². The summed E-state index contributed by atoms with van der Waals surface area (Å²) in [6.45, 7) is 2.56. The maximum atomic E-state index is 13.5. The average molecular weight is 267 g/mol. The smallest absolute Gasteiger partial charge is 0.163 e. The SMILES string of the molecule is C[C@@H](NCc1cccc(F)c1F)C1CCCCCC1. The van der Waals surface area contributed by atoms with Crippen LogP contribution in [0.1, 0.15) is 51.0 Å². The van der Waals surface area contributed by atoms with Crippen LogP contribution in [0.5, 0.6) is 0 Å². The van der Waals surface area contributed by atoms with E-state index >= 15 is 0 Å². The van der Waals surface area contributed by atoms with Crippen LogP contribution in [0.25, 0.3) is 0 Å². The molecule has 3 heteroatoms. The number of hydrogen-bond acceptors (Lipinski definition) is 1. The molecule has 0 saturated heterocycles. The predicted molar refractivity (Wildman–Crippen MR) is 73.9 cm³/mol. The van der Waals surface area contributed by atoms with Crippen LogP contribution in [0.2, 0.25) is 0 Å². The third-order valence-corrected chi connectivity index (χ3v) is 4.25. The van der Waals surface area contributed by atoms with Crippen molar-refractivity contribution in [2.24, 2.45) is 5.92 Å². The third kappa shape index (κ3) is 4.00. The fraction of sp³-hybridized carbons (Fsp3) is 0.625. The first-order valence-corrected chi connectivity index (χ1v) is 7.34. The second kappa shape index (κ2) is 6.99. The van der Waals surface area contributed by atoms with Crippen molar-refractivity contribution < 1.29 is 8.78 Å². The molecule has 0 bridgehead atoms. The second-order valence-corrected chi connectivity index (χ2v) is 5.63. The van der Waals surface area contributed by atoms with Crippen LogP contribution >= 0.6 is 0 Å². The van der Waals surface area contributed by atoms with Crippen molar-refractivity contribution >= 4 is 0 Å². The van der Waals surface area contributed by atoms with Crippen molar-refractivity contribution in [2.45, 2.75) is 58.0 Å². The maximum absolute atomic E-state index is 13.5. The summed E-state index contributed by atoms with van der Waals surface area (Å²) in [5.41, 5.74) is 0.417. The molecule has 1 N–H and O–H groups in total. The van der Waals surface area contributed by atoms with E-state index in [4.69, 9.17) is 0 Å². The minimum absolute atomic E-state index is 0.362. The molecule has 1 aliphatic rings. The Balaban J connectivity index is 1.88. The molecule has 0 radical (unpaired) electrons. The Bertz CT molecular complexity index is 398. The van der Waals surface area contributed by atoms with Crippen LogP contribution in [-0.4, -0.2) is 6.04 Å². The number of benzene rings is 1. The maximum Gasteiger partial charge on any atom is 0.163 e. The van der Waals surface area contributed by atoms with Gasteiger partial charge in [0.2, 0.25) is 0 Å². The van der Waals surface area contributed by atoms with Crippen molar-refractivity contribution in [3.63, 3.8) is 0 Å². The Morgan fingerprint density at radius 2 is 1.84 bits per heavy atom. The van der Waals surface area contributed by atoms with E-state index in [-0.39, 0.29) is 0 Å². The molecular formula is C16H23F2N. The first-order valence-electron chi connectivity index (χ1n) is 7.34. The lowest BCUT2D eigenvalue weighted by molar-refractivity contribution is 0.334. The van der Waals surface area contributed by atoms with E-state index < -0.39 is 11.6 Å². The molecule has 0 aromatic heterocycles. The van der Waals surface area contributed by atoms with Gasteiger partial charge >= 0.3 is 0 Å². The Morgan fingerprint density at radius 3 is 2.53 bits per heavy atom. The highest BCUT2D eigenvalue weighted by atomic mass is 19.2. The Kier molecular flexibility index (Phi) is 5.32. The van der Waals surface area contributed by atoms with Gasteiger partial charge in [0.15, 0.2) is 11.6 Å². The van der Waals surface area contributed by atoms with Crippen molar-refractivity contribution in [3.05, 3.63) is 35.4 Å². The molecule has 0 spiro atoms. The fourth-order valence-corrected chi connectivity index (χ4v) is 2.93. The summed E-state index contributed by atoms with van der Waals surface area (Å²) >= 11 is 0. The summed E-state index contributed by atoms with van der Waals surface area (Å²) in [7, 11) is 0. The Labute approximate surface area is 114 Å². The molecule has 1 aliphatic carbocycles. The molecule has 1 saturated carbocycles. The van der Waals surface area contributed by atoms with Gasteiger partial charge in [0.1, 0.15) is 0 Å². The number of rotatable bonds is 4. The second-order valence-electron chi connectivity index (χ2n) is 5.63. The molecule has 1 nitrogen and oxygen atoms in total. The number of hydrogen-bond donors (Lipinski definition) is 1. The highest BCUT2D eigenvalue weighted by molar-refractivity contribution is 5.18. The summed E-state index contributed by atoms with van der Waals surface area (Å²) < 4.78 is 26.7. The third-order valence-electron chi connectivity index (χ3n) is 4.25. The lowest BCUT2D eigenvalue weighted by atomic mass is 9.93. The van der Waals surface area contributed by atoms with Gasteiger partial charge in [-0.1, -0.05) is 37.8 Å². The number of halogens is 2. The van der Waals surface area contributed by atoms with Crippen LogP contribution in [0.3, 0.4) is 0 Å². The van der Waals surface area contributed by atoms with E-state index in [1.54, 1.807) is 12.1 Å². The van der Waals surface area contributed by atoms with Crippen molar-refractivity contribution in [1.29, 1.82) is 0 Å². The van der Waals surface area contributed by atoms with Gasteiger partial charge in [-0.05, 0) is 31.7 Å². The summed E-state index contributed by atoms with van der Waals surface area (Å²) in [5.74, 6) is -0.816. The summed E-state index contributed by atoms with van der Waals surface area (Å²) in [4.78, 5) is 0. The molecule has 106 valence electrons. The van der Waals surface area contributed by atoms with E-state index in [2.05, 4.69) is 12.2 Å². The molecule has 0 amide bonds. The molecule has 1 aromatic carbocycles. The normalized spacial score (nSPS) is 19.1. The quantitative estimate of drug-likeness (QED) is 0.797. The summed E-state index contributed by atoms with van der Waals surface area (Å²) in [6, 6.07) is 4.73. The molecule has 1 aromatic rings. The lowest BCUT2D eigenvalue weighted by Crippen LogP contribution is -2.33. The lowest BCUT2D eigenvalue weighted by Gasteiger charge is -2.23. The van der Waals surface area contributed by atoms with Crippen LogP contribution in [0, 0.1) is 17.6 Å². The predicted octanol–water partition coefficient (Wildman–Crippen LogP) is 4.41. The Morgan fingerprint density at radius 1 is 1.16 bits per heavy atom. The zero-order valence-electron chi connectivity index (χ0n) is 11.6. The van der Waals surface area contributed by atoms with Crippen molar-refractivity contribution in [3.8, 4) is 0 Å². The largest absolute Gasteiger partial charge is 0.310 e. The fourth-order valence-electron chi connectivity index (χ4n) is 2.93. The van der Waals surface area contributed by atoms with E-state index in [9.17, 15) is 8.78 Å². The molecule has 2 rings (SSSR count). The van der Waals surface area contributed by atoms with Gasteiger partial charge in [-0.2, -0.15) is 0 Å². The topological polar surface area (TPSA) is 12.0 Å². The van der Waals surface area contributed by atoms with E-state index in [1.165, 1.54) is 38.5 Å². The minimum Gasteiger partial charge on any atom is -0.310 e. The van der Waals surface area contributed by atoms with E-state index in [1.807, 2.05) is 0 Å². The molecule has 0 aliphatic heterocycles. The van der Waals surface area contributed by atoms with Gasteiger partial charge in [-0.25, -0.2) is 8.78 Å². The van der Waals surface area contributed by atoms with Crippen molar-refractivity contribution in [1.82, 2.24) is 5.32 Å². The van der Waals surface area contributed by atoms with Gasteiger partial charge in [0, 0.05) is 18.2 Å². The van der Waals surface area contributed by atoms with Gasteiger partial charge < -0.3 is 5.32 Å².